The van der Waals surface area contributed by atoms with E-state index in [1.54, 1.807) is 0 Å². The standard InChI is InChI=1S/C15H24ClNO/c1-13(2)17-10-6-3-7-11-18-12-14-8-4-5-9-15(14)16/h4-5,8-9,13,17H,3,6-7,10-12H2,1-2H3. The Balaban J connectivity index is 1.98. The van der Waals surface area contributed by atoms with Crippen molar-refractivity contribution in [1.29, 1.82) is 0 Å². The fourth-order valence-electron chi connectivity index (χ4n) is 1.69. The van der Waals surface area contributed by atoms with E-state index in [9.17, 15) is 0 Å². The second-order valence-electron chi connectivity index (χ2n) is 4.81. The van der Waals surface area contributed by atoms with Gasteiger partial charge in [0.05, 0.1) is 6.61 Å². The summed E-state index contributed by atoms with van der Waals surface area (Å²) in [7, 11) is 0. The lowest BCUT2D eigenvalue weighted by atomic mass is 10.2. The number of rotatable bonds is 9. The van der Waals surface area contributed by atoms with Crippen LogP contribution in [0.5, 0.6) is 0 Å². The van der Waals surface area contributed by atoms with Crippen molar-refractivity contribution in [1.82, 2.24) is 5.32 Å². The second-order valence-corrected chi connectivity index (χ2v) is 5.22. The predicted octanol–water partition coefficient (Wildman–Crippen LogP) is 4.02. The van der Waals surface area contributed by atoms with Gasteiger partial charge < -0.3 is 10.1 Å². The minimum Gasteiger partial charge on any atom is -0.377 e. The molecular weight excluding hydrogens is 246 g/mol. The van der Waals surface area contributed by atoms with Gasteiger partial charge in [-0.25, -0.2) is 0 Å². The van der Waals surface area contributed by atoms with Gasteiger partial charge in [-0.15, -0.1) is 0 Å². The van der Waals surface area contributed by atoms with Gasteiger partial charge in [-0.3, -0.25) is 0 Å². The van der Waals surface area contributed by atoms with Crippen LogP contribution in [0, 0.1) is 0 Å². The van der Waals surface area contributed by atoms with Gasteiger partial charge in [0.15, 0.2) is 0 Å². The third-order valence-corrected chi connectivity index (χ3v) is 3.10. The second kappa shape index (κ2) is 9.37. The summed E-state index contributed by atoms with van der Waals surface area (Å²) in [6.45, 7) is 6.87. The smallest absolute Gasteiger partial charge is 0.0731 e. The minimum absolute atomic E-state index is 0.585. The van der Waals surface area contributed by atoms with E-state index in [1.165, 1.54) is 12.8 Å². The minimum atomic E-state index is 0.585. The van der Waals surface area contributed by atoms with Crippen LogP contribution in [0.25, 0.3) is 0 Å². The molecule has 0 saturated carbocycles. The zero-order valence-electron chi connectivity index (χ0n) is 11.4. The van der Waals surface area contributed by atoms with E-state index in [0.717, 1.165) is 30.2 Å². The van der Waals surface area contributed by atoms with Crippen LogP contribution in [0.4, 0.5) is 0 Å². The Morgan fingerprint density at radius 2 is 1.94 bits per heavy atom. The van der Waals surface area contributed by atoms with Crippen molar-refractivity contribution < 1.29 is 4.74 Å². The van der Waals surface area contributed by atoms with Gasteiger partial charge in [0.25, 0.3) is 0 Å². The fourth-order valence-corrected chi connectivity index (χ4v) is 1.88. The SMILES string of the molecule is CC(C)NCCCCCOCc1ccccc1Cl. The lowest BCUT2D eigenvalue weighted by molar-refractivity contribution is 0.117. The molecule has 1 rings (SSSR count). The highest BCUT2D eigenvalue weighted by atomic mass is 35.5. The molecule has 0 atom stereocenters. The van der Waals surface area contributed by atoms with E-state index in [1.807, 2.05) is 24.3 Å². The number of unbranched alkanes of at least 4 members (excludes halogenated alkanes) is 2. The maximum atomic E-state index is 6.05. The maximum Gasteiger partial charge on any atom is 0.0731 e. The molecule has 1 aromatic rings. The normalized spacial score (nSPS) is 11.1. The van der Waals surface area contributed by atoms with Crippen LogP contribution < -0.4 is 5.32 Å². The molecule has 0 aliphatic heterocycles. The van der Waals surface area contributed by atoms with Crippen LogP contribution in [-0.2, 0) is 11.3 Å². The molecule has 0 saturated heterocycles. The maximum absolute atomic E-state index is 6.05. The number of hydrogen-bond donors (Lipinski definition) is 1. The Morgan fingerprint density at radius 1 is 1.17 bits per heavy atom. The number of benzene rings is 1. The van der Waals surface area contributed by atoms with Gasteiger partial charge in [0.2, 0.25) is 0 Å². The Labute approximate surface area is 116 Å². The molecule has 0 aliphatic rings. The topological polar surface area (TPSA) is 21.3 Å². The Kier molecular flexibility index (Phi) is 8.06. The summed E-state index contributed by atoms with van der Waals surface area (Å²) in [6, 6.07) is 8.42. The molecule has 0 aliphatic carbocycles. The summed E-state index contributed by atoms with van der Waals surface area (Å²) in [5, 5.41) is 4.20. The fraction of sp³-hybridized carbons (Fsp3) is 0.600. The van der Waals surface area contributed by atoms with Gasteiger partial charge in [-0.1, -0.05) is 43.6 Å². The summed E-state index contributed by atoms with van der Waals surface area (Å²) >= 11 is 6.05. The molecule has 3 heteroatoms. The zero-order valence-corrected chi connectivity index (χ0v) is 12.2. The number of hydrogen-bond acceptors (Lipinski definition) is 2. The lowest BCUT2D eigenvalue weighted by Gasteiger charge is -2.08. The molecule has 0 bridgehead atoms. The zero-order chi connectivity index (χ0) is 13.2. The van der Waals surface area contributed by atoms with Gasteiger partial charge in [0, 0.05) is 17.7 Å². The summed E-state index contributed by atoms with van der Waals surface area (Å²) in [5.74, 6) is 0. The number of nitrogens with one attached hydrogen (secondary N) is 1. The Hall–Kier alpha value is -0.570. The molecule has 0 aromatic heterocycles. The molecule has 0 radical (unpaired) electrons. The van der Waals surface area contributed by atoms with Crippen LogP contribution >= 0.6 is 11.6 Å². The van der Waals surface area contributed by atoms with Crippen molar-refractivity contribution in [3.63, 3.8) is 0 Å². The molecule has 0 spiro atoms. The van der Waals surface area contributed by atoms with Crippen LogP contribution in [0.15, 0.2) is 24.3 Å². The average Bonchev–Trinajstić information content (AvgIpc) is 2.34. The predicted molar refractivity (Wildman–Crippen MR) is 78.1 cm³/mol. The first-order valence-electron chi connectivity index (χ1n) is 6.74. The van der Waals surface area contributed by atoms with Crippen molar-refractivity contribution in [2.24, 2.45) is 0 Å². The molecule has 2 nitrogen and oxygen atoms in total. The molecule has 0 amide bonds. The van der Waals surface area contributed by atoms with E-state index >= 15 is 0 Å². The Morgan fingerprint density at radius 3 is 2.67 bits per heavy atom. The Bertz CT molecular complexity index is 328. The highest BCUT2D eigenvalue weighted by molar-refractivity contribution is 6.31. The summed E-state index contributed by atoms with van der Waals surface area (Å²) in [5.41, 5.74) is 1.07. The summed E-state index contributed by atoms with van der Waals surface area (Å²) < 4.78 is 5.62. The first-order valence-corrected chi connectivity index (χ1v) is 7.12. The van der Waals surface area contributed by atoms with Crippen molar-refractivity contribution in [3.8, 4) is 0 Å². The first-order chi connectivity index (χ1) is 8.70. The van der Waals surface area contributed by atoms with E-state index in [-0.39, 0.29) is 0 Å². The molecule has 1 N–H and O–H groups in total. The third kappa shape index (κ3) is 7.00. The van der Waals surface area contributed by atoms with E-state index in [4.69, 9.17) is 16.3 Å². The lowest BCUT2D eigenvalue weighted by Crippen LogP contribution is -2.23. The van der Waals surface area contributed by atoms with Crippen molar-refractivity contribution in [3.05, 3.63) is 34.9 Å². The average molecular weight is 270 g/mol. The third-order valence-electron chi connectivity index (χ3n) is 2.73. The number of ether oxygens (including phenoxy) is 1. The number of halogens is 1. The molecular formula is C15H24ClNO. The quantitative estimate of drug-likeness (QED) is 0.684. The highest BCUT2D eigenvalue weighted by Gasteiger charge is 1.98. The van der Waals surface area contributed by atoms with E-state index < -0.39 is 0 Å². The van der Waals surface area contributed by atoms with Gasteiger partial charge in [0.1, 0.15) is 0 Å². The largest absolute Gasteiger partial charge is 0.377 e. The van der Waals surface area contributed by atoms with Crippen LogP contribution in [0.2, 0.25) is 5.02 Å². The van der Waals surface area contributed by atoms with Crippen molar-refractivity contribution >= 4 is 11.6 Å². The van der Waals surface area contributed by atoms with Crippen LogP contribution in [-0.4, -0.2) is 19.2 Å². The molecule has 18 heavy (non-hydrogen) atoms. The van der Waals surface area contributed by atoms with Crippen LogP contribution in [0.1, 0.15) is 38.7 Å². The monoisotopic (exact) mass is 269 g/mol. The first kappa shape index (κ1) is 15.5. The van der Waals surface area contributed by atoms with E-state index in [0.29, 0.717) is 12.6 Å². The molecule has 0 heterocycles. The van der Waals surface area contributed by atoms with Crippen molar-refractivity contribution in [2.45, 2.75) is 45.8 Å². The molecule has 102 valence electrons. The van der Waals surface area contributed by atoms with E-state index in [2.05, 4.69) is 19.2 Å². The van der Waals surface area contributed by atoms with Crippen LogP contribution in [0.3, 0.4) is 0 Å². The molecule has 1 aromatic carbocycles. The van der Waals surface area contributed by atoms with Gasteiger partial charge in [-0.2, -0.15) is 0 Å². The van der Waals surface area contributed by atoms with Gasteiger partial charge >= 0.3 is 0 Å². The molecule has 0 fully saturated rings. The summed E-state index contributed by atoms with van der Waals surface area (Å²) in [6.07, 6.45) is 3.54. The summed E-state index contributed by atoms with van der Waals surface area (Å²) in [4.78, 5) is 0. The van der Waals surface area contributed by atoms with Gasteiger partial charge in [-0.05, 0) is 37.4 Å². The highest BCUT2D eigenvalue weighted by Crippen LogP contribution is 2.15. The molecule has 0 unspecified atom stereocenters. The van der Waals surface area contributed by atoms with Crippen molar-refractivity contribution in [2.75, 3.05) is 13.2 Å².